The van der Waals surface area contributed by atoms with Gasteiger partial charge in [0, 0.05) is 13.0 Å². The van der Waals surface area contributed by atoms with Gasteiger partial charge in [-0.3, -0.25) is 13.8 Å². The van der Waals surface area contributed by atoms with Gasteiger partial charge in [0.05, 0.1) is 13.2 Å². The molecule has 6 atom stereocenters. The maximum atomic E-state index is 12.9. The average molecular weight is 991 g/mol. The fourth-order valence-corrected chi connectivity index (χ4v) is 10.1. The number of aliphatic hydroxyl groups is 5. The number of rotatable bonds is 50. The van der Waals surface area contributed by atoms with Gasteiger partial charge in [0.2, 0.25) is 0 Å². The number of carbonyl (C=O) groups is 1. The molecule has 13 heteroatoms. The van der Waals surface area contributed by atoms with Crippen LogP contribution in [0.2, 0.25) is 0 Å². The summed E-state index contributed by atoms with van der Waals surface area (Å²) in [6, 6.07) is 0. The highest BCUT2D eigenvalue weighted by molar-refractivity contribution is 7.47. The second kappa shape index (κ2) is 45.9. The van der Waals surface area contributed by atoms with Gasteiger partial charge in [-0.2, -0.15) is 0 Å². The van der Waals surface area contributed by atoms with E-state index in [9.17, 15) is 39.8 Å². The van der Waals surface area contributed by atoms with Crippen molar-refractivity contribution in [2.24, 2.45) is 0 Å². The van der Waals surface area contributed by atoms with Gasteiger partial charge in [-0.1, -0.05) is 238 Å². The van der Waals surface area contributed by atoms with Gasteiger partial charge in [0.1, 0.15) is 42.7 Å². The average Bonchev–Trinajstić information content (AvgIpc) is 3.32. The Morgan fingerprint density at radius 2 is 0.779 bits per heavy atom. The summed E-state index contributed by atoms with van der Waals surface area (Å²) >= 11 is 0. The molecule has 0 spiro atoms. The van der Waals surface area contributed by atoms with E-state index in [2.05, 4.69) is 26.0 Å². The van der Waals surface area contributed by atoms with Gasteiger partial charge in [0.25, 0.3) is 0 Å². The van der Waals surface area contributed by atoms with E-state index in [1.807, 2.05) is 0 Å². The van der Waals surface area contributed by atoms with Crippen molar-refractivity contribution in [3.8, 4) is 0 Å². The molecule has 0 aromatic rings. The standard InChI is InChI=1S/C55H107O12P/c1-3-5-7-9-11-13-15-17-19-21-23-25-26-28-30-32-34-36-38-40-42-44-49(56)66-48(47-65-68(62,63)67-55-53(60)51(58)50(57)52(59)54(55)61)46-64-45-43-41-39-37-35-33-31-29-27-24-22-20-18-16-14-12-10-8-6-4-2/h18,20,48,50-55,57-61H,3-17,19,21-47H2,1-2H3,(H,62,63)/b20-18-. The summed E-state index contributed by atoms with van der Waals surface area (Å²) in [6.45, 7) is 4.32. The smallest absolute Gasteiger partial charge is 0.457 e. The molecule has 0 aliphatic heterocycles. The van der Waals surface area contributed by atoms with Crippen molar-refractivity contribution in [1.29, 1.82) is 0 Å². The fourth-order valence-electron chi connectivity index (χ4n) is 9.12. The lowest BCUT2D eigenvalue weighted by molar-refractivity contribution is -0.220. The highest BCUT2D eigenvalue weighted by Gasteiger charge is 2.51. The lowest BCUT2D eigenvalue weighted by Crippen LogP contribution is -2.64. The molecular formula is C55H107O12P. The number of unbranched alkanes of at least 4 members (excludes halogenated alkanes) is 36. The molecule has 0 heterocycles. The van der Waals surface area contributed by atoms with E-state index in [4.69, 9.17) is 18.5 Å². The van der Waals surface area contributed by atoms with Crippen LogP contribution in [0.25, 0.3) is 0 Å². The monoisotopic (exact) mass is 991 g/mol. The summed E-state index contributed by atoms with van der Waals surface area (Å²) in [5, 5.41) is 50.4. The van der Waals surface area contributed by atoms with Gasteiger partial charge in [-0.25, -0.2) is 4.57 Å². The molecule has 1 rings (SSSR count). The second-order valence-electron chi connectivity index (χ2n) is 20.1. The zero-order valence-electron chi connectivity index (χ0n) is 43.7. The third-order valence-electron chi connectivity index (χ3n) is 13.6. The Bertz CT molecular complexity index is 1180. The first-order valence-electron chi connectivity index (χ1n) is 28.5. The molecule has 1 aliphatic carbocycles. The molecule has 1 fully saturated rings. The van der Waals surface area contributed by atoms with Crippen LogP contribution in [0.1, 0.15) is 271 Å². The molecule has 12 nitrogen and oxygen atoms in total. The van der Waals surface area contributed by atoms with Crippen molar-refractivity contribution < 1.29 is 58.3 Å². The first-order chi connectivity index (χ1) is 33.0. The van der Waals surface area contributed by atoms with E-state index in [0.717, 1.165) is 38.5 Å². The molecular weight excluding hydrogens is 884 g/mol. The summed E-state index contributed by atoms with van der Waals surface area (Å²) < 4.78 is 34.4. The van der Waals surface area contributed by atoms with Crippen LogP contribution in [-0.2, 0) is 27.9 Å². The van der Waals surface area contributed by atoms with Crippen molar-refractivity contribution in [3.63, 3.8) is 0 Å². The van der Waals surface area contributed by atoms with Gasteiger partial charge in [-0.15, -0.1) is 0 Å². The van der Waals surface area contributed by atoms with Crippen LogP contribution in [0.4, 0.5) is 0 Å². The summed E-state index contributed by atoms with van der Waals surface area (Å²) in [5.41, 5.74) is 0. The highest BCUT2D eigenvalue weighted by atomic mass is 31.2. The van der Waals surface area contributed by atoms with Crippen molar-refractivity contribution in [2.75, 3.05) is 19.8 Å². The highest BCUT2D eigenvalue weighted by Crippen LogP contribution is 2.47. The van der Waals surface area contributed by atoms with Gasteiger partial charge >= 0.3 is 13.8 Å². The summed E-state index contributed by atoms with van der Waals surface area (Å²) in [4.78, 5) is 23.3. The van der Waals surface area contributed by atoms with Gasteiger partial charge < -0.3 is 39.9 Å². The van der Waals surface area contributed by atoms with Crippen LogP contribution in [0.15, 0.2) is 12.2 Å². The number of esters is 1. The number of phosphoric ester groups is 1. The van der Waals surface area contributed by atoms with Crippen molar-refractivity contribution in [1.82, 2.24) is 0 Å². The minimum absolute atomic E-state index is 0.0712. The SMILES string of the molecule is CCCCCCCC/C=C\CCCCCCCCCCCCOCC(COP(=O)(O)OC1C(O)C(O)C(O)C(O)C1O)OC(=O)CCCCCCCCCCCCCCCCCCCCCCC. The molecule has 0 radical (unpaired) electrons. The quantitative estimate of drug-likeness (QED) is 0.0146. The largest absolute Gasteiger partial charge is 0.472 e. The number of allylic oxidation sites excluding steroid dienone is 2. The van der Waals surface area contributed by atoms with Crippen LogP contribution >= 0.6 is 7.82 Å². The van der Waals surface area contributed by atoms with Crippen LogP contribution in [0, 0.1) is 0 Å². The minimum atomic E-state index is -5.02. The summed E-state index contributed by atoms with van der Waals surface area (Å²) in [5.74, 6) is -0.470. The molecule has 6 N–H and O–H groups in total. The third kappa shape index (κ3) is 36.9. The zero-order chi connectivity index (χ0) is 49.8. The Morgan fingerprint density at radius 3 is 1.16 bits per heavy atom. The van der Waals surface area contributed by atoms with Crippen LogP contribution in [0.3, 0.4) is 0 Å². The molecule has 6 unspecified atom stereocenters. The first-order valence-corrected chi connectivity index (χ1v) is 30.0. The van der Waals surface area contributed by atoms with Crippen LogP contribution in [-0.4, -0.2) is 98.9 Å². The Balaban J connectivity index is 2.28. The Labute approximate surface area is 416 Å². The maximum absolute atomic E-state index is 12.9. The van der Waals surface area contributed by atoms with Crippen molar-refractivity contribution in [2.45, 2.75) is 313 Å². The first kappa shape index (κ1) is 65.1. The molecule has 0 bridgehead atoms. The van der Waals surface area contributed by atoms with E-state index in [1.54, 1.807) is 0 Å². The van der Waals surface area contributed by atoms with Crippen molar-refractivity contribution >= 4 is 13.8 Å². The number of hydrogen-bond donors (Lipinski definition) is 6. The Hall–Kier alpha value is -0.920. The normalized spacial score (nSPS) is 21.1. The Morgan fingerprint density at radius 1 is 0.456 bits per heavy atom. The maximum Gasteiger partial charge on any atom is 0.472 e. The lowest BCUT2D eigenvalue weighted by atomic mass is 9.85. The van der Waals surface area contributed by atoms with E-state index in [0.29, 0.717) is 13.0 Å². The lowest BCUT2D eigenvalue weighted by Gasteiger charge is -2.41. The number of aliphatic hydroxyl groups excluding tert-OH is 5. The van der Waals surface area contributed by atoms with Crippen molar-refractivity contribution in [3.05, 3.63) is 12.2 Å². The molecule has 0 aromatic heterocycles. The summed E-state index contributed by atoms with van der Waals surface area (Å²) in [6.07, 6.45) is 41.4. The van der Waals surface area contributed by atoms with Crippen LogP contribution in [0.5, 0.6) is 0 Å². The van der Waals surface area contributed by atoms with Gasteiger partial charge in [-0.05, 0) is 38.5 Å². The van der Waals surface area contributed by atoms with E-state index >= 15 is 0 Å². The van der Waals surface area contributed by atoms with E-state index in [-0.39, 0.29) is 13.0 Å². The Kier molecular flexibility index (Phi) is 43.9. The third-order valence-corrected chi connectivity index (χ3v) is 14.6. The molecule has 0 saturated heterocycles. The molecule has 68 heavy (non-hydrogen) atoms. The fraction of sp³-hybridized carbons (Fsp3) is 0.945. The molecule has 1 saturated carbocycles. The molecule has 0 amide bonds. The van der Waals surface area contributed by atoms with Gasteiger partial charge in [0.15, 0.2) is 0 Å². The number of ether oxygens (including phenoxy) is 2. The zero-order valence-corrected chi connectivity index (χ0v) is 44.6. The summed E-state index contributed by atoms with van der Waals surface area (Å²) in [7, 11) is -5.02. The molecule has 404 valence electrons. The molecule has 0 aromatic carbocycles. The minimum Gasteiger partial charge on any atom is -0.457 e. The molecule has 1 aliphatic rings. The second-order valence-corrected chi connectivity index (χ2v) is 21.6. The topological polar surface area (TPSA) is 192 Å². The number of carbonyl (C=O) groups excluding carboxylic acids is 1. The number of phosphoric acid groups is 1. The number of hydrogen-bond acceptors (Lipinski definition) is 11. The predicted octanol–water partition coefficient (Wildman–Crippen LogP) is 13.4. The van der Waals surface area contributed by atoms with E-state index in [1.165, 1.54) is 205 Å². The predicted molar refractivity (Wildman–Crippen MR) is 277 cm³/mol. The van der Waals surface area contributed by atoms with E-state index < -0.39 is 63.1 Å². The van der Waals surface area contributed by atoms with Crippen LogP contribution < -0.4 is 0 Å².